The Hall–Kier alpha value is -2.71. The van der Waals surface area contributed by atoms with Crippen LogP contribution in [0.15, 0.2) is 11.2 Å². The predicted molar refractivity (Wildman–Crippen MR) is 66.1 cm³/mol. The first kappa shape index (κ1) is 13.4. The number of ether oxygens (including phenoxy) is 1. The molecule has 1 aromatic heterocycles. The van der Waals surface area contributed by atoms with E-state index in [0.717, 1.165) is 0 Å². The SMILES string of the molecule is C#Cc1c(NC(=O)CN=[N+]=[N-])cc(C)nc1OC. The van der Waals surface area contributed by atoms with Gasteiger partial charge in [0.05, 0.1) is 12.8 Å². The van der Waals surface area contributed by atoms with Crippen LogP contribution in [0.4, 0.5) is 5.69 Å². The van der Waals surface area contributed by atoms with Gasteiger partial charge in [-0.1, -0.05) is 11.0 Å². The number of aryl methyl sites for hydroxylation is 1. The van der Waals surface area contributed by atoms with E-state index in [1.807, 2.05) is 0 Å². The maximum Gasteiger partial charge on any atom is 0.231 e. The average molecular weight is 245 g/mol. The van der Waals surface area contributed by atoms with Crippen molar-refractivity contribution in [1.29, 1.82) is 0 Å². The summed E-state index contributed by atoms with van der Waals surface area (Å²) < 4.78 is 5.03. The first-order valence-electron chi connectivity index (χ1n) is 4.95. The smallest absolute Gasteiger partial charge is 0.231 e. The van der Waals surface area contributed by atoms with Gasteiger partial charge in [-0.05, 0) is 18.5 Å². The monoisotopic (exact) mass is 245 g/mol. The molecule has 0 aliphatic rings. The van der Waals surface area contributed by atoms with Crippen molar-refractivity contribution in [2.45, 2.75) is 6.92 Å². The molecule has 0 aromatic carbocycles. The lowest BCUT2D eigenvalue weighted by Crippen LogP contribution is -2.16. The van der Waals surface area contributed by atoms with Crippen molar-refractivity contribution in [1.82, 2.24) is 4.98 Å². The highest BCUT2D eigenvalue weighted by atomic mass is 16.5. The Kier molecular flexibility index (Phi) is 4.55. The van der Waals surface area contributed by atoms with E-state index in [9.17, 15) is 4.79 Å². The molecule has 92 valence electrons. The number of aromatic nitrogens is 1. The third kappa shape index (κ3) is 3.14. The Labute approximate surface area is 104 Å². The van der Waals surface area contributed by atoms with E-state index < -0.39 is 5.91 Å². The van der Waals surface area contributed by atoms with Gasteiger partial charge in [-0.25, -0.2) is 4.98 Å². The van der Waals surface area contributed by atoms with Gasteiger partial charge in [0.15, 0.2) is 0 Å². The van der Waals surface area contributed by atoms with Crippen LogP contribution < -0.4 is 10.1 Å². The average Bonchev–Trinajstić information content (AvgIpc) is 2.35. The van der Waals surface area contributed by atoms with Gasteiger partial charge in [-0.2, -0.15) is 0 Å². The van der Waals surface area contributed by atoms with Gasteiger partial charge in [-0.15, -0.1) is 6.42 Å². The standard InChI is InChI=1S/C11H11N5O2/c1-4-8-9(15-10(17)6-13-16-12)5-7(2)14-11(8)18-3/h1,5H,6H2,2-3H3,(H,14,15,17). The summed E-state index contributed by atoms with van der Waals surface area (Å²) in [7, 11) is 1.44. The Bertz CT molecular complexity index is 555. The highest BCUT2D eigenvalue weighted by molar-refractivity contribution is 5.94. The van der Waals surface area contributed by atoms with Crippen molar-refractivity contribution in [2.75, 3.05) is 19.0 Å². The molecule has 1 heterocycles. The maximum atomic E-state index is 11.4. The molecule has 0 aliphatic carbocycles. The number of methoxy groups -OCH3 is 1. The largest absolute Gasteiger partial charge is 0.480 e. The lowest BCUT2D eigenvalue weighted by Gasteiger charge is -2.10. The van der Waals surface area contributed by atoms with Crippen molar-refractivity contribution in [3.63, 3.8) is 0 Å². The van der Waals surface area contributed by atoms with Crippen molar-refractivity contribution >= 4 is 11.6 Å². The van der Waals surface area contributed by atoms with Crippen LogP contribution in [-0.4, -0.2) is 24.5 Å². The van der Waals surface area contributed by atoms with E-state index >= 15 is 0 Å². The van der Waals surface area contributed by atoms with Crippen LogP contribution in [0.2, 0.25) is 0 Å². The highest BCUT2D eigenvalue weighted by Gasteiger charge is 2.12. The Morgan fingerprint density at radius 1 is 1.78 bits per heavy atom. The fraction of sp³-hybridized carbons (Fsp3) is 0.273. The molecule has 0 saturated carbocycles. The number of amides is 1. The second kappa shape index (κ2) is 6.13. The van der Waals surface area contributed by atoms with Crippen LogP contribution in [0, 0.1) is 19.3 Å². The van der Waals surface area contributed by atoms with Gasteiger partial charge < -0.3 is 10.1 Å². The topological polar surface area (TPSA) is 100.0 Å². The predicted octanol–water partition coefficient (Wildman–Crippen LogP) is 1.63. The number of hydrogen-bond donors (Lipinski definition) is 1. The molecule has 0 bridgehead atoms. The molecule has 0 unspecified atom stereocenters. The number of carbonyl (C=O) groups excluding carboxylic acids is 1. The summed E-state index contributed by atoms with van der Waals surface area (Å²) in [5.74, 6) is 2.20. The summed E-state index contributed by atoms with van der Waals surface area (Å²) in [5.41, 5.74) is 9.52. The number of terminal acetylenes is 1. The number of anilines is 1. The fourth-order valence-corrected chi connectivity index (χ4v) is 1.32. The molecule has 7 nitrogen and oxygen atoms in total. The quantitative estimate of drug-likeness (QED) is 0.377. The number of nitrogens with zero attached hydrogens (tertiary/aromatic N) is 4. The molecule has 0 saturated heterocycles. The van der Waals surface area contributed by atoms with Gasteiger partial charge in [0.25, 0.3) is 0 Å². The van der Waals surface area contributed by atoms with Crippen molar-refractivity contribution < 1.29 is 9.53 Å². The molecular formula is C11H11N5O2. The maximum absolute atomic E-state index is 11.4. The zero-order chi connectivity index (χ0) is 13.5. The second-order valence-corrected chi connectivity index (χ2v) is 3.28. The van der Waals surface area contributed by atoms with E-state index in [1.165, 1.54) is 7.11 Å². The van der Waals surface area contributed by atoms with Crippen LogP contribution in [0.25, 0.3) is 10.4 Å². The zero-order valence-electron chi connectivity index (χ0n) is 9.97. The van der Waals surface area contributed by atoms with Crippen molar-refractivity contribution in [3.8, 4) is 18.2 Å². The highest BCUT2D eigenvalue weighted by Crippen LogP contribution is 2.24. The first-order chi connectivity index (χ1) is 8.62. The summed E-state index contributed by atoms with van der Waals surface area (Å²) in [5, 5.41) is 5.70. The van der Waals surface area contributed by atoms with Crippen molar-refractivity contribution in [3.05, 3.63) is 27.8 Å². The molecule has 7 heteroatoms. The third-order valence-electron chi connectivity index (χ3n) is 2.00. The van der Waals surface area contributed by atoms with E-state index in [-0.39, 0.29) is 12.4 Å². The summed E-state index contributed by atoms with van der Waals surface area (Å²) in [6, 6.07) is 1.62. The number of azide groups is 1. The molecule has 0 radical (unpaired) electrons. The van der Waals surface area contributed by atoms with Gasteiger partial charge >= 0.3 is 0 Å². The number of pyridine rings is 1. The van der Waals surface area contributed by atoms with Crippen molar-refractivity contribution in [2.24, 2.45) is 5.11 Å². The van der Waals surface area contributed by atoms with E-state index in [0.29, 0.717) is 16.9 Å². The summed E-state index contributed by atoms with van der Waals surface area (Å²) in [6.45, 7) is 1.44. The van der Waals surface area contributed by atoms with E-state index in [2.05, 4.69) is 26.2 Å². The summed E-state index contributed by atoms with van der Waals surface area (Å²) >= 11 is 0. The first-order valence-corrected chi connectivity index (χ1v) is 4.95. The van der Waals surface area contributed by atoms with Gasteiger partial charge in [-0.3, -0.25) is 4.79 Å². The number of carbonyl (C=O) groups is 1. The lowest BCUT2D eigenvalue weighted by molar-refractivity contribution is -0.114. The lowest BCUT2D eigenvalue weighted by atomic mass is 10.2. The molecule has 0 aliphatic heterocycles. The minimum absolute atomic E-state index is 0.261. The van der Waals surface area contributed by atoms with E-state index in [4.69, 9.17) is 16.7 Å². The Balaban J connectivity index is 3.08. The Morgan fingerprint density at radius 2 is 2.50 bits per heavy atom. The Morgan fingerprint density at radius 3 is 3.06 bits per heavy atom. The molecule has 0 atom stereocenters. The molecular weight excluding hydrogens is 234 g/mol. The number of hydrogen-bond acceptors (Lipinski definition) is 4. The second-order valence-electron chi connectivity index (χ2n) is 3.28. The third-order valence-corrected chi connectivity index (χ3v) is 2.00. The summed E-state index contributed by atoms with van der Waals surface area (Å²) in [4.78, 5) is 18.0. The molecule has 1 N–H and O–H groups in total. The van der Waals surface area contributed by atoms with E-state index in [1.54, 1.807) is 13.0 Å². The molecule has 1 aromatic rings. The van der Waals surface area contributed by atoms with Gasteiger partial charge in [0.1, 0.15) is 12.1 Å². The minimum atomic E-state index is -0.461. The molecule has 1 amide bonds. The molecule has 0 spiro atoms. The number of rotatable bonds is 4. The van der Waals surface area contributed by atoms with Crippen LogP contribution in [0.3, 0.4) is 0 Å². The molecule has 1 rings (SSSR count). The fourth-order valence-electron chi connectivity index (χ4n) is 1.32. The van der Waals surface area contributed by atoms with Gasteiger partial charge in [0, 0.05) is 10.6 Å². The zero-order valence-corrected chi connectivity index (χ0v) is 9.97. The van der Waals surface area contributed by atoms with Crippen LogP contribution in [0.1, 0.15) is 11.3 Å². The van der Waals surface area contributed by atoms with Crippen LogP contribution in [-0.2, 0) is 4.79 Å². The molecule has 0 fully saturated rings. The van der Waals surface area contributed by atoms with Gasteiger partial charge in [0.2, 0.25) is 11.8 Å². The van der Waals surface area contributed by atoms with Crippen LogP contribution >= 0.6 is 0 Å². The molecule has 18 heavy (non-hydrogen) atoms. The normalized spacial score (nSPS) is 8.94. The van der Waals surface area contributed by atoms with Crippen LogP contribution in [0.5, 0.6) is 5.88 Å². The number of nitrogens with one attached hydrogen (secondary N) is 1. The minimum Gasteiger partial charge on any atom is -0.480 e. The summed E-state index contributed by atoms with van der Waals surface area (Å²) in [6.07, 6.45) is 5.35.